The van der Waals surface area contributed by atoms with Gasteiger partial charge < -0.3 is 15.8 Å². The molecule has 0 bridgehead atoms. The van der Waals surface area contributed by atoms with Crippen molar-refractivity contribution in [1.82, 2.24) is 20.3 Å². The van der Waals surface area contributed by atoms with Crippen molar-refractivity contribution in [3.8, 4) is 5.69 Å². The van der Waals surface area contributed by atoms with E-state index in [0.717, 1.165) is 30.7 Å². The van der Waals surface area contributed by atoms with Crippen molar-refractivity contribution in [2.75, 3.05) is 18.9 Å². The number of ether oxygens (including phenoxy) is 1. The highest BCUT2D eigenvalue weighted by molar-refractivity contribution is 5.96. The third kappa shape index (κ3) is 2.94. The minimum atomic E-state index is -0.327. The molecule has 3 N–H and O–H groups in total. The first-order valence-electron chi connectivity index (χ1n) is 7.33. The van der Waals surface area contributed by atoms with Gasteiger partial charge in [-0.05, 0) is 31.9 Å². The van der Waals surface area contributed by atoms with E-state index in [4.69, 9.17) is 10.5 Å². The van der Waals surface area contributed by atoms with Gasteiger partial charge in [0, 0.05) is 13.2 Å². The zero-order valence-corrected chi connectivity index (χ0v) is 12.5. The molecule has 1 fully saturated rings. The van der Waals surface area contributed by atoms with E-state index in [9.17, 15) is 4.79 Å². The number of aryl methyl sites for hydroxylation is 1. The molecule has 0 aliphatic carbocycles. The number of nitrogens with two attached hydrogens (primary N) is 1. The quantitative estimate of drug-likeness (QED) is 0.880. The summed E-state index contributed by atoms with van der Waals surface area (Å²) in [4.78, 5) is 12.2. The van der Waals surface area contributed by atoms with Crippen LogP contribution in [-0.2, 0) is 4.74 Å². The first-order chi connectivity index (χ1) is 10.6. The van der Waals surface area contributed by atoms with Gasteiger partial charge in [0.2, 0.25) is 0 Å². The maximum absolute atomic E-state index is 12.2. The standard InChI is InChI=1S/C15H19N5O2/c1-10-4-6-11(7-5-10)20-14(16)13(18-19-20)15(21)17-9-12-3-2-8-22-12/h4-7,12H,2-3,8-9,16H2,1H3,(H,17,21)/t12-/m1/s1. The number of nitrogens with zero attached hydrogens (tertiary/aromatic N) is 3. The lowest BCUT2D eigenvalue weighted by atomic mass is 10.2. The second kappa shape index (κ2) is 6.15. The molecular weight excluding hydrogens is 282 g/mol. The van der Waals surface area contributed by atoms with Crippen LogP contribution < -0.4 is 11.1 Å². The Morgan fingerprint density at radius 2 is 2.23 bits per heavy atom. The fourth-order valence-corrected chi connectivity index (χ4v) is 2.42. The maximum atomic E-state index is 12.2. The van der Waals surface area contributed by atoms with Gasteiger partial charge in [-0.15, -0.1) is 5.10 Å². The van der Waals surface area contributed by atoms with E-state index in [-0.39, 0.29) is 23.5 Å². The predicted molar refractivity (Wildman–Crippen MR) is 81.8 cm³/mol. The minimum absolute atomic E-state index is 0.0808. The molecule has 7 heteroatoms. The average Bonchev–Trinajstić information content (AvgIpc) is 3.15. The summed E-state index contributed by atoms with van der Waals surface area (Å²) < 4.78 is 6.93. The molecule has 2 aromatic rings. The van der Waals surface area contributed by atoms with Crippen LogP contribution in [0.5, 0.6) is 0 Å². The highest BCUT2D eigenvalue weighted by atomic mass is 16.5. The molecule has 1 aromatic carbocycles. The van der Waals surface area contributed by atoms with Crippen molar-refractivity contribution >= 4 is 11.7 Å². The molecule has 1 aromatic heterocycles. The topological polar surface area (TPSA) is 95.1 Å². The van der Waals surface area contributed by atoms with E-state index in [1.54, 1.807) is 0 Å². The van der Waals surface area contributed by atoms with Gasteiger partial charge in [0.25, 0.3) is 5.91 Å². The second-order valence-corrected chi connectivity index (χ2v) is 5.42. The number of benzene rings is 1. The smallest absolute Gasteiger partial charge is 0.275 e. The number of aromatic nitrogens is 3. The van der Waals surface area contributed by atoms with Gasteiger partial charge in [-0.2, -0.15) is 4.68 Å². The SMILES string of the molecule is Cc1ccc(-n2nnc(C(=O)NC[C@H]3CCCO3)c2N)cc1. The Hall–Kier alpha value is -2.41. The van der Waals surface area contributed by atoms with Crippen LogP contribution in [0.1, 0.15) is 28.9 Å². The predicted octanol–water partition coefficient (Wildman–Crippen LogP) is 1.07. The average molecular weight is 301 g/mol. The summed E-state index contributed by atoms with van der Waals surface area (Å²) in [6, 6.07) is 7.67. The van der Waals surface area contributed by atoms with Crippen LogP contribution >= 0.6 is 0 Å². The Kier molecular flexibility index (Phi) is 4.06. The maximum Gasteiger partial charge on any atom is 0.275 e. The number of amides is 1. The van der Waals surface area contributed by atoms with E-state index >= 15 is 0 Å². The van der Waals surface area contributed by atoms with E-state index in [1.165, 1.54) is 4.68 Å². The lowest BCUT2D eigenvalue weighted by Gasteiger charge is -2.09. The Bertz CT molecular complexity index is 659. The van der Waals surface area contributed by atoms with Gasteiger partial charge in [0.1, 0.15) is 0 Å². The normalized spacial score (nSPS) is 17.6. The second-order valence-electron chi connectivity index (χ2n) is 5.42. The van der Waals surface area contributed by atoms with Gasteiger partial charge in [-0.3, -0.25) is 4.79 Å². The van der Waals surface area contributed by atoms with Crippen molar-refractivity contribution < 1.29 is 9.53 Å². The molecule has 0 spiro atoms. The fourth-order valence-electron chi connectivity index (χ4n) is 2.42. The summed E-state index contributed by atoms with van der Waals surface area (Å²) in [7, 11) is 0. The molecule has 7 nitrogen and oxygen atoms in total. The molecule has 1 aliphatic heterocycles. The Balaban J connectivity index is 1.72. The minimum Gasteiger partial charge on any atom is -0.382 e. The van der Waals surface area contributed by atoms with E-state index in [2.05, 4.69) is 15.6 Å². The number of hydrogen-bond acceptors (Lipinski definition) is 5. The molecule has 1 amide bonds. The third-order valence-corrected chi connectivity index (χ3v) is 3.71. The Morgan fingerprint density at radius 3 is 2.91 bits per heavy atom. The van der Waals surface area contributed by atoms with Crippen LogP contribution in [0.3, 0.4) is 0 Å². The van der Waals surface area contributed by atoms with Crippen LogP contribution in [0, 0.1) is 6.92 Å². The molecule has 0 unspecified atom stereocenters. The Morgan fingerprint density at radius 1 is 1.45 bits per heavy atom. The van der Waals surface area contributed by atoms with Gasteiger partial charge in [-0.1, -0.05) is 22.9 Å². The van der Waals surface area contributed by atoms with Gasteiger partial charge >= 0.3 is 0 Å². The fraction of sp³-hybridized carbons (Fsp3) is 0.400. The number of anilines is 1. The molecule has 1 atom stereocenters. The third-order valence-electron chi connectivity index (χ3n) is 3.71. The highest BCUT2D eigenvalue weighted by Crippen LogP contribution is 2.16. The van der Waals surface area contributed by atoms with Crippen molar-refractivity contribution in [1.29, 1.82) is 0 Å². The molecule has 1 saturated heterocycles. The number of hydrogen-bond donors (Lipinski definition) is 2. The van der Waals surface area contributed by atoms with Crippen LogP contribution in [0.2, 0.25) is 0 Å². The molecule has 1 aliphatic rings. The van der Waals surface area contributed by atoms with Gasteiger partial charge in [0.05, 0.1) is 11.8 Å². The van der Waals surface area contributed by atoms with Crippen LogP contribution in [-0.4, -0.2) is 40.2 Å². The summed E-state index contributed by atoms with van der Waals surface area (Å²) in [6.07, 6.45) is 2.08. The Labute approximate surface area is 128 Å². The summed E-state index contributed by atoms with van der Waals surface area (Å²) in [5.41, 5.74) is 8.05. The highest BCUT2D eigenvalue weighted by Gasteiger charge is 2.21. The summed E-state index contributed by atoms with van der Waals surface area (Å²) in [5, 5.41) is 10.7. The zero-order chi connectivity index (χ0) is 15.5. The van der Waals surface area contributed by atoms with E-state index in [0.29, 0.717) is 6.54 Å². The van der Waals surface area contributed by atoms with E-state index in [1.807, 2.05) is 31.2 Å². The number of carbonyl (C=O) groups excluding carboxylic acids is 1. The molecule has 3 rings (SSSR count). The van der Waals surface area contributed by atoms with Crippen LogP contribution in [0.25, 0.3) is 5.69 Å². The van der Waals surface area contributed by atoms with Crippen LogP contribution in [0.15, 0.2) is 24.3 Å². The monoisotopic (exact) mass is 301 g/mol. The van der Waals surface area contributed by atoms with Crippen molar-refractivity contribution in [3.63, 3.8) is 0 Å². The largest absolute Gasteiger partial charge is 0.382 e. The van der Waals surface area contributed by atoms with Crippen molar-refractivity contribution in [2.45, 2.75) is 25.9 Å². The van der Waals surface area contributed by atoms with Crippen LogP contribution in [0.4, 0.5) is 5.82 Å². The number of rotatable bonds is 4. The lowest BCUT2D eigenvalue weighted by molar-refractivity contribution is 0.0854. The summed E-state index contributed by atoms with van der Waals surface area (Å²) >= 11 is 0. The lowest BCUT2D eigenvalue weighted by Crippen LogP contribution is -2.32. The number of nitrogen functional groups attached to an aromatic ring is 1. The van der Waals surface area contributed by atoms with Gasteiger partial charge in [0.15, 0.2) is 11.5 Å². The summed E-state index contributed by atoms with van der Waals surface area (Å²) in [5.74, 6) is -0.0972. The molecule has 116 valence electrons. The molecule has 22 heavy (non-hydrogen) atoms. The summed E-state index contributed by atoms with van der Waals surface area (Å²) in [6.45, 7) is 3.22. The van der Waals surface area contributed by atoms with Gasteiger partial charge in [-0.25, -0.2) is 0 Å². The molecule has 0 radical (unpaired) electrons. The number of carbonyl (C=O) groups is 1. The zero-order valence-electron chi connectivity index (χ0n) is 12.5. The van der Waals surface area contributed by atoms with Crippen molar-refractivity contribution in [3.05, 3.63) is 35.5 Å². The molecular formula is C15H19N5O2. The molecule has 0 saturated carbocycles. The first-order valence-corrected chi connectivity index (χ1v) is 7.33. The first kappa shape index (κ1) is 14.5. The van der Waals surface area contributed by atoms with E-state index < -0.39 is 0 Å². The van der Waals surface area contributed by atoms with Crippen molar-refractivity contribution in [2.24, 2.45) is 0 Å². The number of nitrogens with one attached hydrogen (secondary N) is 1. The molecule has 2 heterocycles.